The molecule has 1 aromatic rings. The summed E-state index contributed by atoms with van der Waals surface area (Å²) in [7, 11) is 0. The molecule has 0 aliphatic rings. The maximum atomic E-state index is 6.20. The number of alkyl halides is 1. The molecule has 1 heterocycles. The van der Waals surface area contributed by atoms with E-state index in [4.69, 9.17) is 11.6 Å². The fourth-order valence-electron chi connectivity index (χ4n) is 1.83. The van der Waals surface area contributed by atoms with Crippen molar-refractivity contribution in [1.82, 2.24) is 9.97 Å². The molecule has 2 nitrogen and oxygen atoms in total. The van der Waals surface area contributed by atoms with E-state index in [0.717, 1.165) is 23.6 Å². The van der Waals surface area contributed by atoms with E-state index in [1.54, 1.807) is 0 Å². The Bertz CT molecular complexity index is 348. The van der Waals surface area contributed by atoms with E-state index < -0.39 is 0 Å². The zero-order valence-corrected chi connectivity index (χ0v) is 11.5. The molecular formula is C13H21ClN2. The molecular weight excluding hydrogens is 220 g/mol. The smallest absolute Gasteiger partial charge is 0.131 e. The maximum absolute atomic E-state index is 6.20. The first-order chi connectivity index (χ1) is 7.45. The highest BCUT2D eigenvalue weighted by atomic mass is 35.5. The summed E-state index contributed by atoms with van der Waals surface area (Å²) in [6, 6.07) is 2.05. The molecule has 0 saturated heterocycles. The molecule has 2 atom stereocenters. The lowest BCUT2D eigenvalue weighted by Crippen LogP contribution is -2.13. The Morgan fingerprint density at radius 2 is 1.88 bits per heavy atom. The van der Waals surface area contributed by atoms with E-state index in [1.807, 2.05) is 13.8 Å². The summed E-state index contributed by atoms with van der Waals surface area (Å²) in [5.41, 5.74) is 2.12. The van der Waals surface area contributed by atoms with Crippen LogP contribution in [0.3, 0.4) is 0 Å². The highest BCUT2D eigenvalue weighted by Gasteiger charge is 2.18. The van der Waals surface area contributed by atoms with Gasteiger partial charge in [-0.2, -0.15) is 0 Å². The number of nitrogens with zero attached hydrogens (tertiary/aromatic N) is 2. The molecule has 90 valence electrons. The van der Waals surface area contributed by atoms with Crippen LogP contribution in [0.2, 0.25) is 0 Å². The van der Waals surface area contributed by atoms with Crippen LogP contribution in [0.4, 0.5) is 0 Å². The summed E-state index contributed by atoms with van der Waals surface area (Å²) in [6.07, 6.45) is 1.01. The number of aryl methyl sites for hydroxylation is 1. The van der Waals surface area contributed by atoms with Crippen molar-refractivity contribution in [2.24, 2.45) is 0 Å². The standard InChI is InChI=1S/C13H21ClN2/c1-6-11(10(5)14)12-7-9(4)15-13(16-12)8(2)3/h7-8,10-11H,6H2,1-5H3. The molecule has 0 N–H and O–H groups in total. The van der Waals surface area contributed by atoms with Gasteiger partial charge in [0.05, 0.1) is 0 Å². The van der Waals surface area contributed by atoms with Crippen LogP contribution in [0.1, 0.15) is 63.2 Å². The lowest BCUT2D eigenvalue weighted by molar-refractivity contribution is 0.614. The Morgan fingerprint density at radius 3 is 2.31 bits per heavy atom. The molecule has 16 heavy (non-hydrogen) atoms. The summed E-state index contributed by atoms with van der Waals surface area (Å²) < 4.78 is 0. The predicted octanol–water partition coefficient (Wildman–Crippen LogP) is 4.03. The summed E-state index contributed by atoms with van der Waals surface area (Å²) in [5.74, 6) is 1.61. The van der Waals surface area contributed by atoms with Crippen molar-refractivity contribution >= 4 is 11.6 Å². The molecule has 0 aliphatic carbocycles. The minimum absolute atomic E-state index is 0.110. The van der Waals surface area contributed by atoms with Crippen molar-refractivity contribution in [1.29, 1.82) is 0 Å². The maximum Gasteiger partial charge on any atom is 0.131 e. The summed E-state index contributed by atoms with van der Waals surface area (Å²) >= 11 is 6.20. The number of halogens is 1. The van der Waals surface area contributed by atoms with Gasteiger partial charge < -0.3 is 0 Å². The molecule has 0 aliphatic heterocycles. The first-order valence-electron chi connectivity index (χ1n) is 5.95. The Kier molecular flexibility index (Phi) is 4.72. The molecule has 0 spiro atoms. The monoisotopic (exact) mass is 240 g/mol. The molecule has 2 unspecified atom stereocenters. The second-order valence-corrected chi connectivity index (χ2v) is 5.33. The SMILES string of the molecule is CCC(c1cc(C)nc(C(C)C)n1)C(C)Cl. The first-order valence-corrected chi connectivity index (χ1v) is 6.38. The van der Waals surface area contributed by atoms with Gasteiger partial charge in [-0.15, -0.1) is 11.6 Å². The minimum atomic E-state index is 0.110. The van der Waals surface area contributed by atoms with Crippen LogP contribution in [-0.2, 0) is 0 Å². The second kappa shape index (κ2) is 5.62. The Balaban J connectivity index is 3.12. The van der Waals surface area contributed by atoms with Gasteiger partial charge >= 0.3 is 0 Å². The van der Waals surface area contributed by atoms with Crippen molar-refractivity contribution in [2.45, 2.75) is 58.3 Å². The van der Waals surface area contributed by atoms with Crippen LogP contribution in [-0.4, -0.2) is 15.3 Å². The molecule has 3 heteroatoms. The van der Waals surface area contributed by atoms with Gasteiger partial charge in [-0.1, -0.05) is 20.8 Å². The molecule has 0 radical (unpaired) electrons. The molecule has 1 aromatic heterocycles. The normalized spacial score (nSPS) is 15.2. The average molecular weight is 241 g/mol. The van der Waals surface area contributed by atoms with E-state index >= 15 is 0 Å². The van der Waals surface area contributed by atoms with Gasteiger partial charge in [-0.25, -0.2) is 9.97 Å². The Hall–Kier alpha value is -0.630. The quantitative estimate of drug-likeness (QED) is 0.743. The molecule has 0 bridgehead atoms. The van der Waals surface area contributed by atoms with Gasteiger partial charge in [0, 0.05) is 28.6 Å². The Morgan fingerprint density at radius 1 is 1.25 bits per heavy atom. The van der Waals surface area contributed by atoms with E-state index in [1.165, 1.54) is 0 Å². The molecule has 0 fully saturated rings. The van der Waals surface area contributed by atoms with E-state index in [-0.39, 0.29) is 5.38 Å². The highest BCUT2D eigenvalue weighted by Crippen LogP contribution is 2.26. The van der Waals surface area contributed by atoms with Crippen LogP contribution in [0.15, 0.2) is 6.07 Å². The topological polar surface area (TPSA) is 25.8 Å². The third-order valence-corrected chi connectivity index (χ3v) is 3.09. The largest absolute Gasteiger partial charge is 0.238 e. The number of aromatic nitrogens is 2. The van der Waals surface area contributed by atoms with Crippen molar-refractivity contribution in [2.75, 3.05) is 0 Å². The van der Waals surface area contributed by atoms with Gasteiger partial charge in [-0.3, -0.25) is 0 Å². The van der Waals surface area contributed by atoms with Gasteiger partial charge in [0.25, 0.3) is 0 Å². The van der Waals surface area contributed by atoms with E-state index in [0.29, 0.717) is 11.8 Å². The number of hydrogen-bond acceptors (Lipinski definition) is 2. The third kappa shape index (κ3) is 3.18. The first kappa shape index (κ1) is 13.4. The van der Waals surface area contributed by atoms with Crippen LogP contribution < -0.4 is 0 Å². The molecule has 1 rings (SSSR count). The van der Waals surface area contributed by atoms with Crippen molar-refractivity contribution in [3.8, 4) is 0 Å². The number of hydrogen-bond donors (Lipinski definition) is 0. The van der Waals surface area contributed by atoms with Crippen molar-refractivity contribution in [3.63, 3.8) is 0 Å². The van der Waals surface area contributed by atoms with Crippen LogP contribution >= 0.6 is 11.6 Å². The average Bonchev–Trinajstić information content (AvgIpc) is 2.17. The third-order valence-electron chi connectivity index (χ3n) is 2.78. The summed E-state index contributed by atoms with van der Waals surface area (Å²) in [4.78, 5) is 9.09. The summed E-state index contributed by atoms with van der Waals surface area (Å²) in [6.45, 7) is 10.4. The number of rotatable bonds is 4. The zero-order valence-electron chi connectivity index (χ0n) is 10.8. The van der Waals surface area contributed by atoms with E-state index in [2.05, 4.69) is 36.8 Å². The van der Waals surface area contributed by atoms with Gasteiger partial charge in [0.15, 0.2) is 0 Å². The lowest BCUT2D eigenvalue weighted by atomic mass is 9.98. The van der Waals surface area contributed by atoms with Crippen LogP contribution in [0, 0.1) is 6.92 Å². The van der Waals surface area contributed by atoms with Crippen LogP contribution in [0.25, 0.3) is 0 Å². The fraction of sp³-hybridized carbons (Fsp3) is 0.692. The van der Waals surface area contributed by atoms with Gasteiger partial charge in [-0.05, 0) is 26.3 Å². The molecule has 0 saturated carbocycles. The second-order valence-electron chi connectivity index (χ2n) is 4.64. The van der Waals surface area contributed by atoms with Gasteiger partial charge in [0.1, 0.15) is 5.82 Å². The molecule has 0 aromatic carbocycles. The predicted molar refractivity (Wildman–Crippen MR) is 69.2 cm³/mol. The zero-order chi connectivity index (χ0) is 12.3. The summed E-state index contributed by atoms with van der Waals surface area (Å²) in [5, 5.41) is 0.110. The van der Waals surface area contributed by atoms with Crippen molar-refractivity contribution < 1.29 is 0 Å². The fourth-order valence-corrected chi connectivity index (χ4v) is 2.14. The van der Waals surface area contributed by atoms with Gasteiger partial charge in [0.2, 0.25) is 0 Å². The Labute approximate surface area is 103 Å². The van der Waals surface area contributed by atoms with Crippen molar-refractivity contribution in [3.05, 3.63) is 23.3 Å². The van der Waals surface area contributed by atoms with E-state index in [9.17, 15) is 0 Å². The minimum Gasteiger partial charge on any atom is -0.238 e. The highest BCUT2D eigenvalue weighted by molar-refractivity contribution is 6.20. The van der Waals surface area contributed by atoms with Crippen LogP contribution in [0.5, 0.6) is 0 Å². The molecule has 0 amide bonds. The lowest BCUT2D eigenvalue weighted by Gasteiger charge is -2.18.